The lowest BCUT2D eigenvalue weighted by Crippen LogP contribution is -2.36. The number of phenolic OH excluding ortho intramolecular Hbond substituents is 1. The highest BCUT2D eigenvalue weighted by Gasteiger charge is 2.15. The Bertz CT molecular complexity index is 780. The van der Waals surface area contributed by atoms with Crippen LogP contribution in [0.4, 0.5) is 5.69 Å². The van der Waals surface area contributed by atoms with Crippen molar-refractivity contribution in [3.63, 3.8) is 0 Å². The zero-order valence-corrected chi connectivity index (χ0v) is 13.2. The Morgan fingerprint density at radius 3 is 2.67 bits per heavy atom. The van der Waals surface area contributed by atoms with Gasteiger partial charge in [0.25, 0.3) is 0 Å². The number of rotatable bonds is 2. The first-order valence-electron chi connectivity index (χ1n) is 6.83. The van der Waals surface area contributed by atoms with Gasteiger partial charge in [0.1, 0.15) is 11.4 Å². The van der Waals surface area contributed by atoms with Crippen LogP contribution in [-0.4, -0.2) is 27.6 Å². The molecule has 0 unspecified atom stereocenters. The number of hydrogen-bond acceptors (Lipinski definition) is 3. The lowest BCUT2D eigenvalue weighted by atomic mass is 10.1. The number of pyridine rings is 1. The van der Waals surface area contributed by atoms with Crippen molar-refractivity contribution < 1.29 is 5.11 Å². The third-order valence-corrected chi connectivity index (χ3v) is 3.81. The molecule has 4 nitrogen and oxygen atoms in total. The fourth-order valence-electron chi connectivity index (χ4n) is 2.55. The molecule has 5 heteroatoms. The van der Waals surface area contributed by atoms with Crippen LogP contribution in [0.15, 0.2) is 48.8 Å². The van der Waals surface area contributed by atoms with E-state index >= 15 is 0 Å². The number of halogens is 1. The van der Waals surface area contributed by atoms with Crippen molar-refractivity contribution in [1.82, 2.24) is 9.38 Å². The Morgan fingerprint density at radius 1 is 1.10 bits per heavy atom. The number of imidazole rings is 1. The molecule has 0 spiro atoms. The van der Waals surface area contributed by atoms with Crippen molar-refractivity contribution in [1.29, 1.82) is 0 Å². The lowest BCUT2D eigenvalue weighted by molar-refractivity contribution is 0.475. The summed E-state index contributed by atoms with van der Waals surface area (Å²) >= 11 is 0. The Labute approximate surface area is 133 Å². The monoisotopic (exact) mass is 345 g/mol. The minimum atomic E-state index is 0. The second-order valence-electron chi connectivity index (χ2n) is 5.17. The molecule has 1 aliphatic heterocycles. The van der Waals surface area contributed by atoms with Crippen LogP contribution >= 0.6 is 17.0 Å². The molecule has 0 amide bonds. The molecule has 2 aromatic heterocycles. The molecule has 21 heavy (non-hydrogen) atoms. The van der Waals surface area contributed by atoms with Crippen LogP contribution in [0.5, 0.6) is 5.75 Å². The van der Waals surface area contributed by atoms with E-state index in [1.165, 1.54) is 12.1 Å². The van der Waals surface area contributed by atoms with E-state index in [0.717, 1.165) is 30.0 Å². The zero-order chi connectivity index (χ0) is 13.5. The van der Waals surface area contributed by atoms with Gasteiger partial charge in [-0.2, -0.15) is 0 Å². The third-order valence-electron chi connectivity index (χ3n) is 3.81. The van der Waals surface area contributed by atoms with Crippen LogP contribution in [0.2, 0.25) is 0 Å². The molecular formula is C16H16BrN3O. The fraction of sp³-hybridized carbons (Fsp3) is 0.188. The van der Waals surface area contributed by atoms with Gasteiger partial charge in [-0.3, -0.25) is 0 Å². The summed E-state index contributed by atoms with van der Waals surface area (Å²) in [6, 6.07) is 11.4. The lowest BCUT2D eigenvalue weighted by Gasteiger charge is -2.33. The van der Waals surface area contributed by atoms with Crippen LogP contribution in [0, 0.1) is 0 Å². The summed E-state index contributed by atoms with van der Waals surface area (Å²) in [5.74, 6) is 0.265. The quantitative estimate of drug-likeness (QED) is 0.772. The van der Waals surface area contributed by atoms with Crippen molar-refractivity contribution in [3.8, 4) is 17.0 Å². The predicted molar refractivity (Wildman–Crippen MR) is 89.4 cm³/mol. The number of anilines is 1. The minimum absolute atomic E-state index is 0. The van der Waals surface area contributed by atoms with E-state index in [4.69, 9.17) is 0 Å². The van der Waals surface area contributed by atoms with E-state index in [2.05, 4.69) is 22.0 Å². The Kier molecular flexibility index (Phi) is 3.59. The molecule has 1 aliphatic rings. The van der Waals surface area contributed by atoms with Gasteiger partial charge < -0.3 is 14.4 Å². The molecular weight excluding hydrogens is 330 g/mol. The van der Waals surface area contributed by atoms with Crippen molar-refractivity contribution >= 4 is 28.3 Å². The van der Waals surface area contributed by atoms with E-state index in [1.54, 1.807) is 12.1 Å². The van der Waals surface area contributed by atoms with Gasteiger partial charge in [0.2, 0.25) is 0 Å². The maximum absolute atomic E-state index is 9.56. The number of aromatic nitrogens is 2. The van der Waals surface area contributed by atoms with Crippen LogP contribution in [0.25, 0.3) is 16.9 Å². The highest BCUT2D eigenvalue weighted by molar-refractivity contribution is 8.93. The van der Waals surface area contributed by atoms with E-state index in [9.17, 15) is 5.11 Å². The average molecular weight is 346 g/mol. The predicted octanol–water partition coefficient (Wildman–Crippen LogP) is 3.49. The smallest absolute Gasteiger partial charge is 0.139 e. The number of hydrogen-bond donors (Lipinski definition) is 1. The normalized spacial score (nSPS) is 13.8. The molecule has 108 valence electrons. The van der Waals surface area contributed by atoms with Crippen molar-refractivity contribution in [2.45, 2.75) is 6.42 Å². The summed E-state index contributed by atoms with van der Waals surface area (Å²) in [6.07, 6.45) is 5.31. The van der Waals surface area contributed by atoms with E-state index in [-0.39, 0.29) is 22.7 Å². The molecule has 0 atom stereocenters. The third kappa shape index (κ3) is 2.49. The summed E-state index contributed by atoms with van der Waals surface area (Å²) in [7, 11) is 0. The van der Waals surface area contributed by atoms with E-state index in [0.29, 0.717) is 0 Å². The van der Waals surface area contributed by atoms with Gasteiger partial charge in [-0.1, -0.05) is 12.1 Å². The molecule has 1 N–H and O–H groups in total. The number of aromatic hydroxyl groups is 1. The summed E-state index contributed by atoms with van der Waals surface area (Å²) < 4.78 is 2.02. The number of nitrogens with zero attached hydrogens (tertiary/aromatic N) is 3. The van der Waals surface area contributed by atoms with E-state index in [1.807, 2.05) is 28.9 Å². The number of fused-ring (bicyclic) bond motifs is 1. The first-order valence-corrected chi connectivity index (χ1v) is 6.83. The maximum atomic E-state index is 9.56. The molecule has 0 bridgehead atoms. The minimum Gasteiger partial charge on any atom is -0.508 e. The summed E-state index contributed by atoms with van der Waals surface area (Å²) in [5, 5.41) is 9.56. The molecule has 0 saturated carbocycles. The molecule has 3 aromatic rings. The summed E-state index contributed by atoms with van der Waals surface area (Å²) in [4.78, 5) is 7.00. The highest BCUT2D eigenvalue weighted by Crippen LogP contribution is 2.26. The molecule has 4 rings (SSSR count). The van der Waals surface area contributed by atoms with Crippen LogP contribution in [0.3, 0.4) is 0 Å². The van der Waals surface area contributed by atoms with Gasteiger partial charge in [-0.05, 0) is 24.6 Å². The van der Waals surface area contributed by atoms with Crippen molar-refractivity contribution in [2.24, 2.45) is 0 Å². The Morgan fingerprint density at radius 2 is 1.95 bits per heavy atom. The second-order valence-corrected chi connectivity index (χ2v) is 5.17. The zero-order valence-electron chi connectivity index (χ0n) is 11.4. The average Bonchev–Trinajstić information content (AvgIpc) is 2.80. The first-order chi connectivity index (χ1) is 9.79. The Balaban J connectivity index is 0.00000132. The largest absolute Gasteiger partial charge is 0.508 e. The second kappa shape index (κ2) is 5.41. The van der Waals surface area contributed by atoms with Gasteiger partial charge in [-0.25, -0.2) is 4.98 Å². The summed E-state index contributed by atoms with van der Waals surface area (Å²) in [6.45, 7) is 2.27. The molecule has 0 radical (unpaired) electrons. The fourth-order valence-corrected chi connectivity index (χ4v) is 2.55. The van der Waals surface area contributed by atoms with Gasteiger partial charge in [0.15, 0.2) is 0 Å². The molecule has 3 heterocycles. The molecule has 1 fully saturated rings. The first kappa shape index (κ1) is 13.9. The van der Waals surface area contributed by atoms with Crippen molar-refractivity contribution in [3.05, 3.63) is 48.8 Å². The van der Waals surface area contributed by atoms with Crippen LogP contribution < -0.4 is 4.90 Å². The van der Waals surface area contributed by atoms with E-state index < -0.39 is 0 Å². The van der Waals surface area contributed by atoms with Gasteiger partial charge >= 0.3 is 0 Å². The SMILES string of the molecule is Br.Oc1cccc(-c2cn3ccc(N4CCC4)cc3n2)c1. The summed E-state index contributed by atoms with van der Waals surface area (Å²) in [5.41, 5.74) is 3.98. The van der Waals surface area contributed by atoms with Gasteiger partial charge in [-0.15, -0.1) is 17.0 Å². The maximum Gasteiger partial charge on any atom is 0.139 e. The van der Waals surface area contributed by atoms with Crippen LogP contribution in [-0.2, 0) is 0 Å². The van der Waals surface area contributed by atoms with Crippen molar-refractivity contribution in [2.75, 3.05) is 18.0 Å². The number of phenols is 1. The Hall–Kier alpha value is -2.01. The molecule has 1 saturated heterocycles. The molecule has 0 aliphatic carbocycles. The van der Waals surface area contributed by atoms with Gasteiger partial charge in [0, 0.05) is 42.8 Å². The van der Waals surface area contributed by atoms with Gasteiger partial charge in [0.05, 0.1) is 5.69 Å². The molecule has 1 aromatic carbocycles. The van der Waals surface area contributed by atoms with Crippen LogP contribution in [0.1, 0.15) is 6.42 Å². The highest BCUT2D eigenvalue weighted by atomic mass is 79.9. The standard InChI is InChI=1S/C16H15N3O.BrH/c20-14-4-1-3-12(9-14)15-11-19-8-5-13(10-16(19)17-15)18-6-2-7-18;/h1,3-5,8-11,20H,2,6-7H2;1H. The topological polar surface area (TPSA) is 40.8 Å². The number of benzene rings is 1.